The quantitative estimate of drug-likeness (QED) is 0.490. The van der Waals surface area contributed by atoms with Crippen LogP contribution in [0.2, 0.25) is 0 Å². The Labute approximate surface area is 85.7 Å². The lowest BCUT2D eigenvalue weighted by Gasteiger charge is -2.10. The molecule has 0 bridgehead atoms. The molecule has 1 atom stereocenters. The molecule has 0 radical (unpaired) electrons. The lowest BCUT2D eigenvalue weighted by molar-refractivity contribution is -0.513. The number of rotatable bonds is 3. The summed E-state index contributed by atoms with van der Waals surface area (Å²) in [5.74, 6) is 0. The highest BCUT2D eigenvalue weighted by Crippen LogP contribution is 2.25. The molecule has 0 spiro atoms. The molecule has 1 heterocycles. The highest BCUT2D eigenvalue weighted by molar-refractivity contribution is 5.24. The minimum atomic E-state index is -2.21. The molecular formula is C5H3N3O8. The van der Waals surface area contributed by atoms with Crippen LogP contribution >= 0.6 is 0 Å². The van der Waals surface area contributed by atoms with E-state index >= 15 is 0 Å². The van der Waals surface area contributed by atoms with Gasteiger partial charge >= 0.3 is 17.1 Å². The maximum Gasteiger partial charge on any atom is 0.428 e. The average Bonchev–Trinajstić information content (AvgIpc) is 2.15. The van der Waals surface area contributed by atoms with Crippen molar-refractivity contribution in [1.29, 1.82) is 0 Å². The predicted octanol–water partition coefficient (Wildman–Crippen LogP) is -0.782. The molecular weight excluding hydrogens is 230 g/mol. The second-order valence-corrected chi connectivity index (χ2v) is 2.50. The van der Waals surface area contributed by atoms with Gasteiger partial charge in [-0.3, -0.25) is 30.3 Å². The van der Waals surface area contributed by atoms with E-state index in [1.165, 1.54) is 0 Å². The Balaban J connectivity index is 3.44. The van der Waals surface area contributed by atoms with E-state index in [4.69, 9.17) is 5.11 Å². The van der Waals surface area contributed by atoms with Crippen molar-refractivity contribution in [3.05, 3.63) is 53.7 Å². The summed E-state index contributed by atoms with van der Waals surface area (Å²) in [5, 5.41) is 40.2. The van der Waals surface area contributed by atoms with Gasteiger partial charge in [-0.25, -0.2) is 0 Å². The summed E-state index contributed by atoms with van der Waals surface area (Å²) in [4.78, 5) is 27.4. The highest BCUT2D eigenvalue weighted by Gasteiger charge is 2.48. The monoisotopic (exact) mass is 233 g/mol. The number of nitrogens with zero attached hydrogens (tertiary/aromatic N) is 3. The van der Waals surface area contributed by atoms with Gasteiger partial charge in [0.15, 0.2) is 6.26 Å². The Bertz CT molecular complexity index is 437. The van der Waals surface area contributed by atoms with Gasteiger partial charge in [-0.05, 0) is 0 Å². The Morgan fingerprint density at radius 3 is 2.06 bits per heavy atom. The second kappa shape index (κ2) is 3.90. The van der Waals surface area contributed by atoms with Crippen molar-refractivity contribution in [1.82, 2.24) is 0 Å². The lowest BCUT2D eigenvalue weighted by atomic mass is 10.2. The largest absolute Gasteiger partial charge is 0.454 e. The summed E-state index contributed by atoms with van der Waals surface area (Å²) in [6.07, 6.45) is -1.92. The fourth-order valence-corrected chi connectivity index (χ4v) is 0.991. The van der Waals surface area contributed by atoms with Gasteiger partial charge in [-0.15, -0.1) is 0 Å². The molecule has 16 heavy (non-hydrogen) atoms. The van der Waals surface area contributed by atoms with Crippen LogP contribution in [0.15, 0.2) is 23.4 Å². The van der Waals surface area contributed by atoms with Gasteiger partial charge in [-0.1, -0.05) is 0 Å². The van der Waals surface area contributed by atoms with Crippen molar-refractivity contribution >= 4 is 0 Å². The van der Waals surface area contributed by atoms with E-state index in [0.717, 1.165) is 0 Å². The third kappa shape index (κ3) is 1.78. The fourth-order valence-electron chi connectivity index (χ4n) is 0.991. The number of aliphatic hydroxyl groups is 1. The Hall–Kier alpha value is -2.56. The first-order valence-corrected chi connectivity index (χ1v) is 3.57. The summed E-state index contributed by atoms with van der Waals surface area (Å²) >= 11 is 0. The topological polar surface area (TPSA) is 159 Å². The molecule has 0 saturated heterocycles. The molecule has 0 amide bonds. The van der Waals surface area contributed by atoms with Crippen molar-refractivity contribution in [2.24, 2.45) is 0 Å². The minimum absolute atomic E-state index is 0.288. The molecule has 0 aliphatic carbocycles. The summed E-state index contributed by atoms with van der Waals surface area (Å²) in [6.45, 7) is 0. The summed E-state index contributed by atoms with van der Waals surface area (Å²) in [6, 6.07) is 0. The second-order valence-electron chi connectivity index (χ2n) is 2.50. The van der Waals surface area contributed by atoms with Crippen molar-refractivity contribution in [2.75, 3.05) is 0 Å². The third-order valence-corrected chi connectivity index (χ3v) is 1.60. The first kappa shape index (κ1) is 11.5. The molecule has 11 heteroatoms. The first-order valence-electron chi connectivity index (χ1n) is 3.57. The van der Waals surface area contributed by atoms with Crippen molar-refractivity contribution < 1.29 is 24.6 Å². The Kier molecular flexibility index (Phi) is 2.80. The molecule has 0 aromatic rings. The zero-order valence-electron chi connectivity index (χ0n) is 7.30. The van der Waals surface area contributed by atoms with Crippen LogP contribution in [0.5, 0.6) is 0 Å². The molecule has 0 fully saturated rings. The minimum Gasteiger partial charge on any atom is -0.454 e. The SMILES string of the molecule is O=[N+]([O-])C1=COC(O)C([N+](=O)[O-])=C1[N+](=O)[O-]. The molecule has 1 aliphatic heterocycles. The zero-order valence-corrected chi connectivity index (χ0v) is 7.30. The van der Waals surface area contributed by atoms with E-state index in [-0.39, 0.29) is 6.26 Å². The summed E-state index contributed by atoms with van der Waals surface area (Å²) in [5.41, 5.74) is -3.96. The van der Waals surface area contributed by atoms with Gasteiger partial charge in [0.1, 0.15) is 0 Å². The first-order chi connectivity index (χ1) is 7.36. The van der Waals surface area contributed by atoms with E-state index in [9.17, 15) is 30.3 Å². The van der Waals surface area contributed by atoms with Gasteiger partial charge in [0.25, 0.3) is 6.29 Å². The molecule has 86 valence electrons. The fraction of sp³-hybridized carbons (Fsp3) is 0.200. The van der Waals surface area contributed by atoms with Gasteiger partial charge < -0.3 is 9.84 Å². The maximum atomic E-state index is 10.5. The highest BCUT2D eigenvalue weighted by atomic mass is 16.7. The standard InChI is InChI=1S/C5H3N3O8/c9-5-4(8(14)15)3(7(12)13)2(1-16-5)6(10)11/h1,5,9H. The molecule has 0 saturated carbocycles. The molecule has 1 N–H and O–H groups in total. The van der Waals surface area contributed by atoms with Crippen LogP contribution in [-0.2, 0) is 4.74 Å². The average molecular weight is 233 g/mol. The summed E-state index contributed by atoms with van der Waals surface area (Å²) in [7, 11) is 0. The Morgan fingerprint density at radius 1 is 1.12 bits per heavy atom. The van der Waals surface area contributed by atoms with Gasteiger partial charge in [-0.2, -0.15) is 0 Å². The molecule has 1 unspecified atom stereocenters. The molecule has 1 rings (SSSR count). The number of hydrogen-bond acceptors (Lipinski definition) is 8. The number of ether oxygens (including phenoxy) is 1. The van der Waals surface area contributed by atoms with Gasteiger partial charge in [0.2, 0.25) is 0 Å². The van der Waals surface area contributed by atoms with Crippen LogP contribution in [0.1, 0.15) is 0 Å². The van der Waals surface area contributed by atoms with E-state index in [2.05, 4.69) is 4.74 Å². The van der Waals surface area contributed by atoms with Crippen LogP contribution in [-0.4, -0.2) is 26.2 Å². The van der Waals surface area contributed by atoms with Gasteiger partial charge in [0, 0.05) is 0 Å². The van der Waals surface area contributed by atoms with E-state index in [1.807, 2.05) is 0 Å². The Morgan fingerprint density at radius 2 is 1.69 bits per heavy atom. The smallest absolute Gasteiger partial charge is 0.428 e. The van der Waals surface area contributed by atoms with E-state index < -0.39 is 38.2 Å². The van der Waals surface area contributed by atoms with Crippen LogP contribution in [0.3, 0.4) is 0 Å². The number of hydrogen-bond donors (Lipinski definition) is 1. The van der Waals surface area contributed by atoms with Crippen LogP contribution < -0.4 is 0 Å². The van der Waals surface area contributed by atoms with Crippen LogP contribution in [0, 0.1) is 30.3 Å². The predicted molar refractivity (Wildman–Crippen MR) is 43.2 cm³/mol. The molecule has 11 nitrogen and oxygen atoms in total. The van der Waals surface area contributed by atoms with Crippen LogP contribution in [0.25, 0.3) is 0 Å². The van der Waals surface area contributed by atoms with Crippen molar-refractivity contribution in [3.8, 4) is 0 Å². The molecule has 0 aromatic carbocycles. The maximum absolute atomic E-state index is 10.5. The molecule has 1 aliphatic rings. The van der Waals surface area contributed by atoms with Crippen molar-refractivity contribution in [3.63, 3.8) is 0 Å². The number of aliphatic hydroxyl groups excluding tert-OH is 1. The van der Waals surface area contributed by atoms with Crippen LogP contribution in [0.4, 0.5) is 0 Å². The summed E-state index contributed by atoms with van der Waals surface area (Å²) < 4.78 is 4.15. The lowest BCUT2D eigenvalue weighted by Crippen LogP contribution is -2.29. The van der Waals surface area contributed by atoms with Crippen molar-refractivity contribution in [2.45, 2.75) is 6.29 Å². The van der Waals surface area contributed by atoms with E-state index in [1.54, 1.807) is 0 Å². The third-order valence-electron chi connectivity index (χ3n) is 1.60. The number of nitro groups is 3. The van der Waals surface area contributed by atoms with E-state index in [0.29, 0.717) is 0 Å². The van der Waals surface area contributed by atoms with Gasteiger partial charge in [0.05, 0.1) is 14.8 Å². The normalized spacial score (nSPS) is 19.8. The molecule has 0 aromatic heterocycles. The zero-order chi connectivity index (χ0) is 12.5.